The van der Waals surface area contributed by atoms with Crippen molar-refractivity contribution in [3.05, 3.63) is 59.2 Å². The van der Waals surface area contributed by atoms with E-state index in [1.54, 1.807) is 12.1 Å². The largest absolute Gasteiger partial charge is 0.375 e. The van der Waals surface area contributed by atoms with E-state index >= 15 is 0 Å². The molecule has 0 aromatic heterocycles. The summed E-state index contributed by atoms with van der Waals surface area (Å²) in [6, 6.07) is 11.1. The Morgan fingerprint density at radius 1 is 0.806 bits per heavy atom. The van der Waals surface area contributed by atoms with Crippen molar-refractivity contribution in [2.24, 2.45) is 5.92 Å². The third kappa shape index (κ3) is 5.01. The van der Waals surface area contributed by atoms with Crippen LogP contribution in [-0.4, -0.2) is 25.4 Å². The summed E-state index contributed by atoms with van der Waals surface area (Å²) in [7, 11) is 0. The van der Waals surface area contributed by atoms with Crippen LogP contribution in [0.15, 0.2) is 36.4 Å². The summed E-state index contributed by atoms with van der Waals surface area (Å²) < 4.78 is 42.1. The van der Waals surface area contributed by atoms with Gasteiger partial charge >= 0.3 is 0 Å². The molecule has 0 aliphatic carbocycles. The Kier molecular flexibility index (Phi) is 7.39. The van der Waals surface area contributed by atoms with E-state index in [1.807, 2.05) is 24.3 Å². The normalized spacial score (nSPS) is 26.7. The van der Waals surface area contributed by atoms with Crippen molar-refractivity contribution in [1.29, 1.82) is 0 Å². The second kappa shape index (κ2) is 10.2. The minimum absolute atomic E-state index is 0.0723. The molecule has 2 fully saturated rings. The molecule has 0 amide bonds. The Morgan fingerprint density at radius 3 is 2.10 bits per heavy atom. The number of hydrogen-bond donors (Lipinski definition) is 0. The molecule has 4 rings (SSSR count). The summed E-state index contributed by atoms with van der Waals surface area (Å²) in [5, 5.41) is 0. The van der Waals surface area contributed by atoms with Crippen LogP contribution in [0.3, 0.4) is 0 Å². The van der Waals surface area contributed by atoms with E-state index < -0.39 is 11.6 Å². The lowest BCUT2D eigenvalue weighted by atomic mass is 9.86. The molecule has 4 atom stereocenters. The first-order valence-corrected chi connectivity index (χ1v) is 11.9. The lowest BCUT2D eigenvalue weighted by Crippen LogP contribution is -2.40. The number of aryl methyl sites for hydroxylation is 1. The molecule has 2 aromatic carbocycles. The molecular formula is C27H34F2O2. The first kappa shape index (κ1) is 22.4. The Labute approximate surface area is 185 Å². The maximum Gasteiger partial charge on any atom is 0.166 e. The summed E-state index contributed by atoms with van der Waals surface area (Å²) >= 11 is 0. The van der Waals surface area contributed by atoms with E-state index in [0.717, 1.165) is 32.3 Å². The van der Waals surface area contributed by atoms with Gasteiger partial charge in [0.2, 0.25) is 0 Å². The standard InChI is InChI=1S/C27H34F2O2/c1-3-5-19-8-14-24(30-16-19)25-15-11-21(17-31-25)23-13-12-22(26(28)27(23)29)20-9-6-18(4-2)7-10-20/h6-7,9-10,12-13,19,21,24-25H,3-5,8,11,14-17H2,1-2H3. The van der Waals surface area contributed by atoms with Crippen molar-refractivity contribution in [3.8, 4) is 11.1 Å². The average Bonchev–Trinajstić information content (AvgIpc) is 2.82. The number of halogens is 2. The Bertz CT molecular complexity index is 848. The molecule has 2 aliphatic rings. The van der Waals surface area contributed by atoms with Crippen LogP contribution in [0.5, 0.6) is 0 Å². The summed E-state index contributed by atoms with van der Waals surface area (Å²) in [4.78, 5) is 0. The third-order valence-electron chi connectivity index (χ3n) is 7.05. The lowest BCUT2D eigenvalue weighted by molar-refractivity contribution is -0.124. The lowest BCUT2D eigenvalue weighted by Gasteiger charge is -2.38. The van der Waals surface area contributed by atoms with Crippen molar-refractivity contribution in [1.82, 2.24) is 0 Å². The van der Waals surface area contributed by atoms with Crippen molar-refractivity contribution in [2.75, 3.05) is 13.2 Å². The van der Waals surface area contributed by atoms with Crippen LogP contribution in [0.25, 0.3) is 11.1 Å². The molecule has 0 radical (unpaired) electrons. The first-order chi connectivity index (χ1) is 15.1. The minimum atomic E-state index is -0.763. The summed E-state index contributed by atoms with van der Waals surface area (Å²) in [5.41, 5.74) is 2.63. The van der Waals surface area contributed by atoms with Gasteiger partial charge in [0, 0.05) is 18.1 Å². The van der Waals surface area contributed by atoms with Crippen molar-refractivity contribution >= 4 is 0 Å². The molecule has 168 valence electrons. The maximum absolute atomic E-state index is 15.0. The van der Waals surface area contributed by atoms with Gasteiger partial charge in [-0.25, -0.2) is 8.78 Å². The van der Waals surface area contributed by atoms with Gasteiger partial charge in [0.15, 0.2) is 11.6 Å². The van der Waals surface area contributed by atoms with Gasteiger partial charge in [0.1, 0.15) is 0 Å². The van der Waals surface area contributed by atoms with Crippen LogP contribution in [-0.2, 0) is 15.9 Å². The molecule has 2 saturated heterocycles. The Hall–Kier alpha value is -1.78. The quantitative estimate of drug-likeness (QED) is 0.491. The average molecular weight is 429 g/mol. The van der Waals surface area contributed by atoms with Gasteiger partial charge in [-0.05, 0) is 61.1 Å². The second-order valence-corrected chi connectivity index (χ2v) is 9.13. The highest BCUT2D eigenvalue weighted by molar-refractivity contribution is 5.65. The van der Waals surface area contributed by atoms with Crippen LogP contribution in [0.4, 0.5) is 8.78 Å². The fourth-order valence-electron chi connectivity index (χ4n) is 5.09. The highest BCUT2D eigenvalue weighted by atomic mass is 19.2. The molecule has 0 spiro atoms. The van der Waals surface area contributed by atoms with Crippen molar-refractivity contribution in [3.63, 3.8) is 0 Å². The summed E-state index contributed by atoms with van der Waals surface area (Å²) in [6.07, 6.45) is 7.42. The monoisotopic (exact) mass is 428 g/mol. The fourth-order valence-corrected chi connectivity index (χ4v) is 5.09. The number of benzene rings is 2. The molecule has 2 aliphatic heterocycles. The molecule has 2 nitrogen and oxygen atoms in total. The fraction of sp³-hybridized carbons (Fsp3) is 0.556. The minimum Gasteiger partial charge on any atom is -0.375 e. The molecule has 0 bridgehead atoms. The van der Waals surface area contributed by atoms with E-state index in [4.69, 9.17) is 9.47 Å². The molecule has 31 heavy (non-hydrogen) atoms. The van der Waals surface area contributed by atoms with Crippen LogP contribution < -0.4 is 0 Å². The molecule has 2 aromatic rings. The summed E-state index contributed by atoms with van der Waals surface area (Å²) in [5.74, 6) is -0.938. The zero-order chi connectivity index (χ0) is 21.8. The molecular weight excluding hydrogens is 394 g/mol. The van der Waals surface area contributed by atoms with E-state index in [1.165, 1.54) is 24.8 Å². The van der Waals surface area contributed by atoms with Gasteiger partial charge in [-0.1, -0.05) is 56.7 Å². The van der Waals surface area contributed by atoms with E-state index in [9.17, 15) is 8.78 Å². The van der Waals surface area contributed by atoms with Gasteiger partial charge in [-0.15, -0.1) is 0 Å². The zero-order valence-electron chi connectivity index (χ0n) is 18.7. The van der Waals surface area contributed by atoms with Crippen LogP contribution in [0.1, 0.15) is 69.4 Å². The van der Waals surface area contributed by atoms with Gasteiger partial charge in [0.05, 0.1) is 18.8 Å². The zero-order valence-corrected chi connectivity index (χ0v) is 18.7. The topological polar surface area (TPSA) is 18.5 Å². The van der Waals surface area contributed by atoms with Gasteiger partial charge < -0.3 is 9.47 Å². The molecule has 0 N–H and O–H groups in total. The predicted molar refractivity (Wildman–Crippen MR) is 120 cm³/mol. The highest BCUT2D eigenvalue weighted by Crippen LogP contribution is 2.36. The third-order valence-corrected chi connectivity index (χ3v) is 7.05. The molecule has 4 unspecified atom stereocenters. The van der Waals surface area contributed by atoms with E-state index in [2.05, 4.69) is 13.8 Å². The number of ether oxygens (including phenoxy) is 2. The van der Waals surface area contributed by atoms with Crippen molar-refractivity contribution < 1.29 is 18.3 Å². The predicted octanol–water partition coefficient (Wildman–Crippen LogP) is 7.05. The Balaban J connectivity index is 1.39. The van der Waals surface area contributed by atoms with Crippen LogP contribution in [0.2, 0.25) is 0 Å². The molecule has 4 heteroatoms. The number of rotatable bonds is 6. The molecule has 2 heterocycles. The first-order valence-electron chi connectivity index (χ1n) is 11.9. The highest BCUT2D eigenvalue weighted by Gasteiger charge is 2.34. The van der Waals surface area contributed by atoms with Gasteiger partial charge in [-0.3, -0.25) is 0 Å². The van der Waals surface area contributed by atoms with Gasteiger partial charge in [-0.2, -0.15) is 0 Å². The SMILES string of the molecule is CCCC1CCC(C2CCC(c3ccc(-c4ccc(CC)cc4)c(F)c3F)CO2)OC1. The molecule has 0 saturated carbocycles. The van der Waals surface area contributed by atoms with E-state index in [0.29, 0.717) is 29.2 Å². The van der Waals surface area contributed by atoms with Crippen LogP contribution in [0, 0.1) is 17.6 Å². The van der Waals surface area contributed by atoms with Gasteiger partial charge in [0.25, 0.3) is 0 Å². The van der Waals surface area contributed by atoms with Crippen molar-refractivity contribution in [2.45, 2.75) is 76.9 Å². The van der Waals surface area contributed by atoms with E-state index in [-0.39, 0.29) is 18.1 Å². The Morgan fingerprint density at radius 2 is 1.52 bits per heavy atom. The summed E-state index contributed by atoms with van der Waals surface area (Å²) in [6.45, 7) is 5.53. The number of hydrogen-bond acceptors (Lipinski definition) is 2. The smallest absolute Gasteiger partial charge is 0.166 e. The maximum atomic E-state index is 15.0. The second-order valence-electron chi connectivity index (χ2n) is 9.13. The van der Waals surface area contributed by atoms with Crippen LogP contribution >= 0.6 is 0 Å².